The average molecular weight is 581 g/mol. The maximum absolute atomic E-state index is 12.4. The number of carbonyl (C=O) groups is 4. The van der Waals surface area contributed by atoms with Crippen molar-refractivity contribution >= 4 is 69.8 Å². The molecular formula is C26H21Cl4N3O4. The van der Waals surface area contributed by atoms with Crippen LogP contribution in [0.4, 0.5) is 0 Å². The molecule has 0 radical (unpaired) electrons. The van der Waals surface area contributed by atoms with Gasteiger partial charge < -0.3 is 10.2 Å². The lowest BCUT2D eigenvalue weighted by Crippen LogP contribution is -2.50. The third-order valence-electron chi connectivity index (χ3n) is 6.50. The van der Waals surface area contributed by atoms with Crippen LogP contribution in [0.15, 0.2) is 36.4 Å². The van der Waals surface area contributed by atoms with Crippen LogP contribution >= 0.6 is 46.4 Å². The lowest BCUT2D eigenvalue weighted by atomic mass is 10.1. The van der Waals surface area contributed by atoms with Gasteiger partial charge >= 0.3 is 0 Å². The van der Waals surface area contributed by atoms with E-state index in [0.717, 1.165) is 0 Å². The first kappa shape index (κ1) is 27.4. The molecule has 3 aliphatic rings. The second-order valence-electron chi connectivity index (χ2n) is 9.12. The zero-order valence-corrected chi connectivity index (χ0v) is 22.4. The minimum Gasteiger partial charge on any atom is -0.353 e. The summed E-state index contributed by atoms with van der Waals surface area (Å²) in [6.45, 7) is 1.03. The van der Waals surface area contributed by atoms with Crippen LogP contribution in [-0.4, -0.2) is 47.9 Å². The maximum Gasteiger partial charge on any atom is 0.239 e. The van der Waals surface area contributed by atoms with E-state index in [-0.39, 0.29) is 53.6 Å². The van der Waals surface area contributed by atoms with Crippen LogP contribution in [0.3, 0.4) is 0 Å². The van der Waals surface area contributed by atoms with E-state index < -0.39 is 0 Å². The van der Waals surface area contributed by atoms with Crippen LogP contribution in [-0.2, 0) is 9.59 Å². The Morgan fingerprint density at radius 2 is 1.41 bits per heavy atom. The average Bonchev–Trinajstić information content (AvgIpc) is 3.80. The third kappa shape index (κ3) is 6.45. The molecule has 0 aromatic heterocycles. The minimum atomic E-state index is -0.326. The van der Waals surface area contributed by atoms with Gasteiger partial charge in [0.2, 0.25) is 11.8 Å². The van der Waals surface area contributed by atoms with Crippen LogP contribution in [0, 0.1) is 35.0 Å². The summed E-state index contributed by atoms with van der Waals surface area (Å²) >= 11 is 23.3. The molecule has 3 fully saturated rings. The predicted molar refractivity (Wildman–Crippen MR) is 140 cm³/mol. The number of nitrogens with one attached hydrogen (secondary N) is 1. The zero-order valence-electron chi connectivity index (χ0n) is 19.3. The predicted octanol–water partition coefficient (Wildman–Crippen LogP) is 5.11. The molecule has 192 valence electrons. The number of nitriles is 1. The number of hydrogen-bond donors (Lipinski definition) is 1. The highest BCUT2D eigenvalue weighted by atomic mass is 35.5. The van der Waals surface area contributed by atoms with Crippen molar-refractivity contribution in [2.24, 2.45) is 23.7 Å². The van der Waals surface area contributed by atoms with E-state index in [9.17, 15) is 19.2 Å². The van der Waals surface area contributed by atoms with E-state index in [2.05, 4.69) is 11.4 Å². The molecule has 1 aliphatic heterocycles. The summed E-state index contributed by atoms with van der Waals surface area (Å²) in [5.41, 5.74) is 0.998. The van der Waals surface area contributed by atoms with Crippen molar-refractivity contribution in [2.75, 3.05) is 19.6 Å². The first-order valence-corrected chi connectivity index (χ1v) is 13.1. The molecule has 1 N–H and O–H groups in total. The van der Waals surface area contributed by atoms with Gasteiger partial charge in [0.1, 0.15) is 0 Å². The Morgan fingerprint density at radius 3 is 1.89 bits per heavy atom. The van der Waals surface area contributed by atoms with Gasteiger partial charge in [-0.3, -0.25) is 19.2 Å². The Labute approximate surface area is 233 Å². The van der Waals surface area contributed by atoms with Crippen molar-refractivity contribution in [3.05, 3.63) is 67.6 Å². The van der Waals surface area contributed by atoms with Gasteiger partial charge in [-0.05, 0) is 49.2 Å². The lowest BCUT2D eigenvalue weighted by Gasteiger charge is -2.26. The second kappa shape index (κ2) is 11.4. The highest BCUT2D eigenvalue weighted by Crippen LogP contribution is 2.43. The first-order chi connectivity index (χ1) is 17.6. The Morgan fingerprint density at radius 1 is 0.838 bits per heavy atom. The van der Waals surface area contributed by atoms with E-state index in [1.165, 1.54) is 11.0 Å². The molecule has 1 saturated heterocycles. The fourth-order valence-electron chi connectivity index (χ4n) is 4.17. The van der Waals surface area contributed by atoms with Gasteiger partial charge in [0.05, 0.1) is 38.6 Å². The van der Waals surface area contributed by atoms with Gasteiger partial charge in [-0.25, -0.2) is 0 Å². The second-order valence-corrected chi connectivity index (χ2v) is 10.8. The van der Waals surface area contributed by atoms with Gasteiger partial charge in [-0.1, -0.05) is 46.4 Å². The third-order valence-corrected chi connectivity index (χ3v) is 7.97. The Balaban J connectivity index is 0.000000186. The highest BCUT2D eigenvalue weighted by molar-refractivity contribution is 6.42. The summed E-state index contributed by atoms with van der Waals surface area (Å²) in [5.74, 6) is -1.30. The minimum absolute atomic E-state index is 0.0138. The number of benzene rings is 2. The standard InChI is InChI=1S/C15H14Cl2N2O3.C11H7Cl2NO/c16-11-2-1-8(5-12(11)17)14(21)9-6-10(9)15(22)19-4-3-18-13(20)7-19;12-9-2-1-6(4-10(9)13)11(15)8-3-7(8)5-14/h1-2,5,9-10H,3-4,6-7H2,(H,18,20);1-2,4,7-8H,3H2/t9-,10-;7-,8+/m01/s1. The van der Waals surface area contributed by atoms with Crippen LogP contribution in [0.1, 0.15) is 33.6 Å². The summed E-state index contributed by atoms with van der Waals surface area (Å²) in [6.07, 6.45) is 1.19. The molecule has 7 nitrogen and oxygen atoms in total. The number of hydrogen-bond acceptors (Lipinski definition) is 5. The van der Waals surface area contributed by atoms with E-state index in [1.807, 2.05) is 0 Å². The summed E-state index contributed by atoms with van der Waals surface area (Å²) < 4.78 is 0. The summed E-state index contributed by atoms with van der Waals surface area (Å²) in [6, 6.07) is 11.6. The molecule has 4 atom stereocenters. The van der Waals surface area contributed by atoms with Crippen molar-refractivity contribution in [3.63, 3.8) is 0 Å². The molecule has 2 aromatic rings. The molecule has 1 heterocycles. The number of rotatable bonds is 5. The number of piperazine rings is 1. The smallest absolute Gasteiger partial charge is 0.239 e. The molecule has 5 rings (SSSR count). The number of amides is 2. The molecule has 37 heavy (non-hydrogen) atoms. The van der Waals surface area contributed by atoms with Crippen LogP contribution in [0.25, 0.3) is 0 Å². The van der Waals surface area contributed by atoms with Crippen molar-refractivity contribution in [1.29, 1.82) is 5.26 Å². The Bertz CT molecular complexity index is 1330. The van der Waals surface area contributed by atoms with Crippen LogP contribution < -0.4 is 5.32 Å². The van der Waals surface area contributed by atoms with Gasteiger partial charge in [0, 0.05) is 42.0 Å². The van der Waals surface area contributed by atoms with Crippen molar-refractivity contribution < 1.29 is 19.2 Å². The molecule has 11 heteroatoms. The summed E-state index contributed by atoms with van der Waals surface area (Å²) in [5, 5.41) is 12.8. The van der Waals surface area contributed by atoms with E-state index >= 15 is 0 Å². The molecule has 2 amide bonds. The molecule has 0 bridgehead atoms. The number of nitrogens with zero attached hydrogens (tertiary/aromatic N) is 2. The molecule has 2 aliphatic carbocycles. The fraction of sp³-hybridized carbons (Fsp3) is 0.346. The SMILES string of the molecule is N#C[C@H]1C[C@@H]1C(=O)c1ccc(Cl)c(Cl)c1.O=C1CN(C(=O)[C@H]2C[C@@H]2C(=O)c2ccc(Cl)c(Cl)c2)CCN1. The highest BCUT2D eigenvalue weighted by Gasteiger charge is 2.50. The molecule has 2 saturated carbocycles. The monoisotopic (exact) mass is 579 g/mol. The van der Waals surface area contributed by atoms with Crippen LogP contribution in [0.5, 0.6) is 0 Å². The number of halogens is 4. The van der Waals surface area contributed by atoms with Gasteiger partial charge in [0.15, 0.2) is 11.6 Å². The molecule has 2 aromatic carbocycles. The van der Waals surface area contributed by atoms with E-state index in [4.69, 9.17) is 51.7 Å². The Kier molecular flexibility index (Phi) is 8.45. The topological polar surface area (TPSA) is 107 Å². The van der Waals surface area contributed by atoms with Crippen molar-refractivity contribution in [2.45, 2.75) is 12.8 Å². The summed E-state index contributed by atoms with van der Waals surface area (Å²) in [7, 11) is 0. The van der Waals surface area contributed by atoms with E-state index in [1.54, 1.807) is 30.3 Å². The fourth-order valence-corrected chi connectivity index (χ4v) is 4.77. The molecule has 0 spiro atoms. The van der Waals surface area contributed by atoms with E-state index in [0.29, 0.717) is 57.1 Å². The molecule has 0 unspecified atom stereocenters. The lowest BCUT2D eigenvalue weighted by molar-refractivity contribution is -0.139. The zero-order chi connectivity index (χ0) is 26.9. The normalized spacial score (nSPS) is 23.6. The quantitative estimate of drug-likeness (QED) is 0.495. The van der Waals surface area contributed by atoms with Crippen LogP contribution in [0.2, 0.25) is 20.1 Å². The number of carbonyl (C=O) groups excluding carboxylic acids is 4. The van der Waals surface area contributed by atoms with Gasteiger partial charge in [-0.2, -0.15) is 5.26 Å². The molecular weight excluding hydrogens is 560 g/mol. The van der Waals surface area contributed by atoms with Gasteiger partial charge in [-0.15, -0.1) is 0 Å². The number of ketones is 2. The largest absolute Gasteiger partial charge is 0.353 e. The van der Waals surface area contributed by atoms with Crippen molar-refractivity contribution in [1.82, 2.24) is 10.2 Å². The first-order valence-electron chi connectivity index (χ1n) is 11.5. The van der Waals surface area contributed by atoms with Gasteiger partial charge in [0.25, 0.3) is 0 Å². The maximum atomic E-state index is 12.4. The summed E-state index contributed by atoms with van der Waals surface area (Å²) in [4.78, 5) is 49.3. The van der Waals surface area contributed by atoms with Crippen molar-refractivity contribution in [3.8, 4) is 6.07 Å². The number of Topliss-reactive ketones (excluding diaryl/α,β-unsaturated/α-hetero) is 2. The Hall–Kier alpha value is -2.63.